The SMILES string of the molecule is CN1CCNCC1c1noc(CCNS(=O)(=O)c2ccc(F)cc2)n1. The Morgan fingerprint density at radius 3 is 2.88 bits per heavy atom. The number of nitrogens with zero attached hydrogens (tertiary/aromatic N) is 3. The summed E-state index contributed by atoms with van der Waals surface area (Å²) in [4.78, 5) is 6.49. The van der Waals surface area contributed by atoms with Gasteiger partial charge in [0.15, 0.2) is 5.82 Å². The minimum atomic E-state index is -3.69. The highest BCUT2D eigenvalue weighted by atomic mass is 32.2. The Kier molecular flexibility index (Phi) is 5.42. The second-order valence-electron chi connectivity index (χ2n) is 5.85. The maximum atomic E-state index is 12.9. The molecule has 10 heteroatoms. The van der Waals surface area contributed by atoms with Crippen molar-refractivity contribution < 1.29 is 17.3 Å². The zero-order valence-corrected chi connectivity index (χ0v) is 14.6. The lowest BCUT2D eigenvalue weighted by molar-refractivity contribution is 0.190. The van der Waals surface area contributed by atoms with Crippen LogP contribution in [0.25, 0.3) is 0 Å². The number of hydrogen-bond donors (Lipinski definition) is 2. The van der Waals surface area contributed by atoms with Crippen LogP contribution in [0.3, 0.4) is 0 Å². The average Bonchev–Trinajstić information content (AvgIpc) is 3.04. The summed E-state index contributed by atoms with van der Waals surface area (Å²) in [6.07, 6.45) is 0.275. The molecule has 1 aromatic carbocycles. The van der Waals surface area contributed by atoms with E-state index in [1.807, 2.05) is 7.05 Å². The number of aromatic nitrogens is 2. The second kappa shape index (κ2) is 7.56. The van der Waals surface area contributed by atoms with Crippen LogP contribution in [0.5, 0.6) is 0 Å². The molecule has 0 amide bonds. The molecule has 2 aromatic rings. The van der Waals surface area contributed by atoms with Crippen molar-refractivity contribution in [2.24, 2.45) is 0 Å². The maximum Gasteiger partial charge on any atom is 0.240 e. The minimum absolute atomic E-state index is 0.00928. The van der Waals surface area contributed by atoms with E-state index in [1.165, 1.54) is 12.1 Å². The molecule has 1 aliphatic heterocycles. The summed E-state index contributed by atoms with van der Waals surface area (Å²) in [5.74, 6) is 0.474. The molecular formula is C15H20FN5O3S. The third-order valence-electron chi connectivity index (χ3n) is 4.05. The summed E-state index contributed by atoms with van der Waals surface area (Å²) in [6.45, 7) is 2.67. The summed E-state index contributed by atoms with van der Waals surface area (Å²) in [5.41, 5.74) is 0. The van der Waals surface area contributed by atoms with Crippen molar-refractivity contribution in [2.75, 3.05) is 33.2 Å². The number of nitrogens with one attached hydrogen (secondary N) is 2. The lowest BCUT2D eigenvalue weighted by Crippen LogP contribution is -2.44. The third-order valence-corrected chi connectivity index (χ3v) is 5.52. The van der Waals surface area contributed by atoms with E-state index in [0.29, 0.717) is 11.7 Å². The number of halogens is 1. The van der Waals surface area contributed by atoms with E-state index in [1.54, 1.807) is 0 Å². The van der Waals surface area contributed by atoms with Crippen molar-refractivity contribution in [2.45, 2.75) is 17.4 Å². The van der Waals surface area contributed by atoms with Crippen LogP contribution in [0.4, 0.5) is 4.39 Å². The number of hydrogen-bond acceptors (Lipinski definition) is 7. The highest BCUT2D eigenvalue weighted by molar-refractivity contribution is 7.89. The van der Waals surface area contributed by atoms with Crippen LogP contribution >= 0.6 is 0 Å². The molecule has 1 fully saturated rings. The van der Waals surface area contributed by atoms with Crippen molar-refractivity contribution in [3.8, 4) is 0 Å². The number of sulfonamides is 1. The standard InChI is InChI=1S/C15H20FN5O3S/c1-21-9-8-17-10-13(21)15-19-14(24-20-15)6-7-18-25(22,23)12-4-2-11(16)3-5-12/h2-5,13,17-18H,6-10H2,1H3. The Morgan fingerprint density at radius 2 is 2.16 bits per heavy atom. The minimum Gasteiger partial charge on any atom is -0.339 e. The van der Waals surface area contributed by atoms with Gasteiger partial charge in [-0.1, -0.05) is 5.16 Å². The number of likely N-dealkylation sites (N-methyl/N-ethyl adjacent to an activating group) is 1. The van der Waals surface area contributed by atoms with E-state index in [4.69, 9.17) is 4.52 Å². The molecule has 0 saturated carbocycles. The van der Waals surface area contributed by atoms with Gasteiger partial charge in [-0.25, -0.2) is 17.5 Å². The average molecular weight is 369 g/mol. The van der Waals surface area contributed by atoms with Crippen LogP contribution in [0.15, 0.2) is 33.7 Å². The smallest absolute Gasteiger partial charge is 0.240 e. The van der Waals surface area contributed by atoms with Crippen molar-refractivity contribution in [1.82, 2.24) is 25.1 Å². The topological polar surface area (TPSA) is 100 Å². The van der Waals surface area contributed by atoms with Crippen LogP contribution in [-0.4, -0.2) is 56.7 Å². The van der Waals surface area contributed by atoms with Gasteiger partial charge in [0.25, 0.3) is 0 Å². The van der Waals surface area contributed by atoms with Crippen molar-refractivity contribution >= 4 is 10.0 Å². The first-order valence-electron chi connectivity index (χ1n) is 7.94. The predicted octanol–water partition coefficient (Wildman–Crippen LogP) is 0.306. The molecule has 0 spiro atoms. The zero-order chi connectivity index (χ0) is 17.9. The number of benzene rings is 1. The summed E-state index contributed by atoms with van der Waals surface area (Å²) < 4.78 is 44.8. The van der Waals surface area contributed by atoms with Gasteiger partial charge in [0.1, 0.15) is 5.82 Å². The molecular weight excluding hydrogens is 349 g/mol. The van der Waals surface area contributed by atoms with E-state index in [0.717, 1.165) is 31.8 Å². The fourth-order valence-electron chi connectivity index (χ4n) is 2.59. The largest absolute Gasteiger partial charge is 0.339 e. The molecule has 2 heterocycles. The Labute approximate surface area is 145 Å². The summed E-state index contributed by atoms with van der Waals surface area (Å²) in [5, 5.41) is 7.26. The fraction of sp³-hybridized carbons (Fsp3) is 0.467. The second-order valence-corrected chi connectivity index (χ2v) is 7.62. The molecule has 1 atom stereocenters. The van der Waals surface area contributed by atoms with Gasteiger partial charge in [-0.15, -0.1) is 0 Å². The lowest BCUT2D eigenvalue weighted by Gasteiger charge is -2.30. The number of piperazine rings is 1. The molecule has 3 rings (SSSR count). The summed E-state index contributed by atoms with van der Waals surface area (Å²) >= 11 is 0. The molecule has 136 valence electrons. The van der Waals surface area contributed by atoms with Crippen LogP contribution in [0, 0.1) is 5.82 Å². The van der Waals surface area contributed by atoms with Gasteiger partial charge in [0.05, 0.1) is 10.9 Å². The fourth-order valence-corrected chi connectivity index (χ4v) is 3.62. The van der Waals surface area contributed by atoms with Crippen molar-refractivity contribution in [3.05, 3.63) is 41.8 Å². The molecule has 1 saturated heterocycles. The third kappa shape index (κ3) is 4.40. The maximum absolute atomic E-state index is 12.9. The molecule has 25 heavy (non-hydrogen) atoms. The van der Waals surface area contributed by atoms with Crippen LogP contribution in [-0.2, 0) is 16.4 Å². The first kappa shape index (κ1) is 17.9. The van der Waals surface area contributed by atoms with Gasteiger partial charge in [-0.2, -0.15) is 4.98 Å². The first-order chi connectivity index (χ1) is 12.0. The van der Waals surface area contributed by atoms with Gasteiger partial charge in [-0.05, 0) is 31.3 Å². The summed E-state index contributed by atoms with van der Waals surface area (Å²) in [7, 11) is -1.70. The highest BCUT2D eigenvalue weighted by Crippen LogP contribution is 2.17. The van der Waals surface area contributed by atoms with Gasteiger partial charge < -0.3 is 9.84 Å². The van der Waals surface area contributed by atoms with E-state index in [-0.39, 0.29) is 23.9 Å². The Morgan fingerprint density at radius 1 is 1.40 bits per heavy atom. The number of rotatable bonds is 6. The molecule has 2 N–H and O–H groups in total. The van der Waals surface area contributed by atoms with Gasteiger partial charge in [-0.3, -0.25) is 4.90 Å². The Hall–Kier alpha value is -1.88. The lowest BCUT2D eigenvalue weighted by atomic mass is 10.2. The molecule has 0 radical (unpaired) electrons. The van der Waals surface area contributed by atoms with Gasteiger partial charge in [0.2, 0.25) is 15.9 Å². The van der Waals surface area contributed by atoms with Crippen LogP contribution < -0.4 is 10.0 Å². The molecule has 1 unspecified atom stereocenters. The zero-order valence-electron chi connectivity index (χ0n) is 13.8. The summed E-state index contributed by atoms with van der Waals surface area (Å²) in [6, 6.07) is 4.69. The van der Waals surface area contributed by atoms with E-state index < -0.39 is 15.8 Å². The molecule has 0 bridgehead atoms. The molecule has 1 aliphatic rings. The van der Waals surface area contributed by atoms with Gasteiger partial charge in [0, 0.05) is 32.6 Å². The first-order valence-corrected chi connectivity index (χ1v) is 9.43. The van der Waals surface area contributed by atoms with Crippen molar-refractivity contribution in [3.63, 3.8) is 0 Å². The highest BCUT2D eigenvalue weighted by Gasteiger charge is 2.25. The van der Waals surface area contributed by atoms with E-state index in [9.17, 15) is 12.8 Å². The molecule has 0 aliphatic carbocycles. The van der Waals surface area contributed by atoms with E-state index in [2.05, 4.69) is 25.1 Å². The van der Waals surface area contributed by atoms with Crippen LogP contribution in [0.1, 0.15) is 17.8 Å². The van der Waals surface area contributed by atoms with E-state index >= 15 is 0 Å². The monoisotopic (exact) mass is 369 g/mol. The molecule has 1 aromatic heterocycles. The van der Waals surface area contributed by atoms with Crippen LogP contribution in [0.2, 0.25) is 0 Å². The molecule has 8 nitrogen and oxygen atoms in total. The normalized spacial score (nSPS) is 19.2. The quantitative estimate of drug-likeness (QED) is 0.756. The van der Waals surface area contributed by atoms with Crippen molar-refractivity contribution in [1.29, 1.82) is 0 Å². The predicted molar refractivity (Wildman–Crippen MR) is 87.8 cm³/mol. The Balaban J connectivity index is 1.56. The van der Waals surface area contributed by atoms with Gasteiger partial charge >= 0.3 is 0 Å². The Bertz CT molecular complexity index is 809.